The Labute approximate surface area is 87.3 Å². The van der Waals surface area contributed by atoms with E-state index in [1.165, 1.54) is 18.2 Å². The van der Waals surface area contributed by atoms with Gasteiger partial charge < -0.3 is 0 Å². The summed E-state index contributed by atoms with van der Waals surface area (Å²) in [6.45, 7) is 0. The summed E-state index contributed by atoms with van der Waals surface area (Å²) >= 11 is 0. The molecule has 2 nitrogen and oxygen atoms in total. The van der Waals surface area contributed by atoms with E-state index in [2.05, 4.69) is 0 Å². The first-order chi connectivity index (χ1) is 7.22. The SMILES string of the molecule is N#Cc1cc(C(=O)C2CCC2)ccc1F. The molecule has 2 rings (SSSR count). The van der Waals surface area contributed by atoms with Gasteiger partial charge >= 0.3 is 0 Å². The van der Waals surface area contributed by atoms with E-state index in [-0.39, 0.29) is 17.3 Å². The summed E-state index contributed by atoms with van der Waals surface area (Å²) in [6.07, 6.45) is 2.92. The summed E-state index contributed by atoms with van der Waals surface area (Å²) in [5.41, 5.74) is 0.401. The maximum Gasteiger partial charge on any atom is 0.165 e. The van der Waals surface area contributed by atoms with Crippen molar-refractivity contribution in [2.24, 2.45) is 5.92 Å². The quantitative estimate of drug-likeness (QED) is 0.693. The van der Waals surface area contributed by atoms with E-state index in [1.807, 2.05) is 0 Å². The topological polar surface area (TPSA) is 40.9 Å². The van der Waals surface area contributed by atoms with Crippen molar-refractivity contribution in [1.82, 2.24) is 0 Å². The van der Waals surface area contributed by atoms with E-state index < -0.39 is 5.82 Å². The molecule has 0 bridgehead atoms. The summed E-state index contributed by atoms with van der Waals surface area (Å²) < 4.78 is 13.0. The van der Waals surface area contributed by atoms with Gasteiger partial charge in [-0.15, -0.1) is 0 Å². The lowest BCUT2D eigenvalue weighted by Crippen LogP contribution is -2.22. The fraction of sp³-hybridized carbons (Fsp3) is 0.333. The van der Waals surface area contributed by atoms with Crippen molar-refractivity contribution in [2.45, 2.75) is 19.3 Å². The molecular formula is C12H10FNO. The van der Waals surface area contributed by atoms with Gasteiger partial charge in [-0.2, -0.15) is 5.26 Å². The monoisotopic (exact) mass is 203 g/mol. The van der Waals surface area contributed by atoms with Crippen molar-refractivity contribution in [3.8, 4) is 6.07 Å². The number of ketones is 1. The molecular weight excluding hydrogens is 193 g/mol. The number of hydrogen-bond acceptors (Lipinski definition) is 2. The van der Waals surface area contributed by atoms with Gasteiger partial charge in [-0.05, 0) is 31.0 Å². The molecule has 1 fully saturated rings. The van der Waals surface area contributed by atoms with Crippen LogP contribution in [0.3, 0.4) is 0 Å². The van der Waals surface area contributed by atoms with E-state index >= 15 is 0 Å². The Balaban J connectivity index is 2.29. The number of rotatable bonds is 2. The standard InChI is InChI=1S/C12H10FNO/c13-11-5-4-9(6-10(11)7-14)12(15)8-2-1-3-8/h4-6,8H,1-3H2. The molecule has 0 N–H and O–H groups in total. The van der Waals surface area contributed by atoms with E-state index in [0.717, 1.165) is 19.3 Å². The fourth-order valence-corrected chi connectivity index (χ4v) is 1.67. The highest BCUT2D eigenvalue weighted by molar-refractivity contribution is 5.98. The highest BCUT2D eigenvalue weighted by Gasteiger charge is 2.26. The second kappa shape index (κ2) is 3.82. The van der Waals surface area contributed by atoms with Gasteiger partial charge in [-0.1, -0.05) is 6.42 Å². The third-order valence-electron chi connectivity index (χ3n) is 2.85. The van der Waals surface area contributed by atoms with Crippen LogP contribution in [0, 0.1) is 23.1 Å². The minimum Gasteiger partial charge on any atom is -0.294 e. The van der Waals surface area contributed by atoms with Gasteiger partial charge in [0.2, 0.25) is 0 Å². The van der Waals surface area contributed by atoms with Crippen LogP contribution in [0.5, 0.6) is 0 Å². The summed E-state index contributed by atoms with van der Waals surface area (Å²) in [5, 5.41) is 8.63. The molecule has 1 saturated carbocycles. The van der Waals surface area contributed by atoms with E-state index in [4.69, 9.17) is 5.26 Å². The van der Waals surface area contributed by atoms with Crippen molar-refractivity contribution >= 4 is 5.78 Å². The second-order valence-corrected chi connectivity index (χ2v) is 3.80. The van der Waals surface area contributed by atoms with Gasteiger partial charge in [0, 0.05) is 11.5 Å². The normalized spacial score (nSPS) is 15.5. The number of halogens is 1. The first-order valence-electron chi connectivity index (χ1n) is 4.96. The van der Waals surface area contributed by atoms with Crippen LogP contribution in [0.1, 0.15) is 35.2 Å². The summed E-state index contributed by atoms with van der Waals surface area (Å²) in [6, 6.07) is 5.72. The second-order valence-electron chi connectivity index (χ2n) is 3.80. The van der Waals surface area contributed by atoms with E-state index in [1.54, 1.807) is 6.07 Å². The van der Waals surface area contributed by atoms with Crippen LogP contribution in [0.4, 0.5) is 4.39 Å². The van der Waals surface area contributed by atoms with E-state index in [9.17, 15) is 9.18 Å². The zero-order chi connectivity index (χ0) is 10.8. The van der Waals surface area contributed by atoms with Gasteiger partial charge in [0.25, 0.3) is 0 Å². The van der Waals surface area contributed by atoms with Crippen molar-refractivity contribution in [2.75, 3.05) is 0 Å². The van der Waals surface area contributed by atoms with Crippen LogP contribution < -0.4 is 0 Å². The van der Waals surface area contributed by atoms with Crippen LogP contribution in [-0.4, -0.2) is 5.78 Å². The molecule has 0 aliphatic heterocycles. The molecule has 1 aliphatic carbocycles. The van der Waals surface area contributed by atoms with Crippen LogP contribution in [0.15, 0.2) is 18.2 Å². The molecule has 0 radical (unpaired) electrons. The highest BCUT2D eigenvalue weighted by Crippen LogP contribution is 2.30. The molecule has 0 aromatic heterocycles. The Morgan fingerprint density at radius 1 is 1.47 bits per heavy atom. The van der Waals surface area contributed by atoms with Crippen molar-refractivity contribution in [3.05, 3.63) is 35.1 Å². The van der Waals surface area contributed by atoms with Gasteiger partial charge in [0.1, 0.15) is 11.9 Å². The number of Topliss-reactive ketones (excluding diaryl/α,β-unsaturated/α-hetero) is 1. The third kappa shape index (κ3) is 1.75. The van der Waals surface area contributed by atoms with Gasteiger partial charge in [0.15, 0.2) is 5.78 Å². The van der Waals surface area contributed by atoms with Crippen LogP contribution in [-0.2, 0) is 0 Å². The first kappa shape index (κ1) is 9.85. The van der Waals surface area contributed by atoms with Crippen LogP contribution in [0.25, 0.3) is 0 Å². The van der Waals surface area contributed by atoms with Gasteiger partial charge in [-0.25, -0.2) is 4.39 Å². The molecule has 76 valence electrons. The number of hydrogen-bond donors (Lipinski definition) is 0. The predicted octanol–water partition coefficient (Wildman–Crippen LogP) is 2.68. The lowest BCUT2D eigenvalue weighted by molar-refractivity contribution is 0.0855. The lowest BCUT2D eigenvalue weighted by atomic mass is 9.80. The largest absolute Gasteiger partial charge is 0.294 e. The zero-order valence-corrected chi connectivity index (χ0v) is 8.16. The maximum absolute atomic E-state index is 13.0. The Kier molecular flexibility index (Phi) is 2.51. The summed E-state index contributed by atoms with van der Waals surface area (Å²) in [5.74, 6) is -0.442. The number of benzene rings is 1. The average Bonchev–Trinajstić information content (AvgIpc) is 2.15. The fourth-order valence-electron chi connectivity index (χ4n) is 1.67. The molecule has 0 atom stereocenters. The Morgan fingerprint density at radius 3 is 2.73 bits per heavy atom. The Morgan fingerprint density at radius 2 is 2.20 bits per heavy atom. The molecule has 0 saturated heterocycles. The smallest absolute Gasteiger partial charge is 0.165 e. The Bertz CT molecular complexity index is 443. The average molecular weight is 203 g/mol. The molecule has 1 aliphatic rings. The molecule has 0 spiro atoms. The predicted molar refractivity (Wildman–Crippen MR) is 52.8 cm³/mol. The molecule has 1 aromatic rings. The van der Waals surface area contributed by atoms with Gasteiger partial charge in [-0.3, -0.25) is 4.79 Å². The number of nitriles is 1. The lowest BCUT2D eigenvalue weighted by Gasteiger charge is -2.23. The third-order valence-corrected chi connectivity index (χ3v) is 2.85. The highest BCUT2D eigenvalue weighted by atomic mass is 19.1. The molecule has 0 amide bonds. The van der Waals surface area contributed by atoms with Crippen molar-refractivity contribution < 1.29 is 9.18 Å². The van der Waals surface area contributed by atoms with Crippen molar-refractivity contribution in [3.63, 3.8) is 0 Å². The first-order valence-corrected chi connectivity index (χ1v) is 4.96. The number of nitrogens with zero attached hydrogens (tertiary/aromatic N) is 1. The molecule has 0 unspecified atom stereocenters. The van der Waals surface area contributed by atoms with E-state index in [0.29, 0.717) is 5.56 Å². The molecule has 3 heteroatoms. The maximum atomic E-state index is 13.0. The van der Waals surface area contributed by atoms with Crippen LogP contribution >= 0.6 is 0 Å². The van der Waals surface area contributed by atoms with Crippen molar-refractivity contribution in [1.29, 1.82) is 5.26 Å². The summed E-state index contributed by atoms with van der Waals surface area (Å²) in [4.78, 5) is 11.8. The number of carbonyl (C=O) groups is 1. The Hall–Kier alpha value is -1.69. The number of carbonyl (C=O) groups excluding carboxylic acids is 1. The molecule has 1 aromatic carbocycles. The van der Waals surface area contributed by atoms with Crippen LogP contribution in [0.2, 0.25) is 0 Å². The molecule has 15 heavy (non-hydrogen) atoms. The van der Waals surface area contributed by atoms with Gasteiger partial charge in [0.05, 0.1) is 5.56 Å². The zero-order valence-electron chi connectivity index (χ0n) is 8.16. The summed E-state index contributed by atoms with van der Waals surface area (Å²) in [7, 11) is 0. The molecule has 0 heterocycles. The minimum absolute atomic E-state index is 0.0396. The minimum atomic E-state index is -0.567.